The largest absolute Gasteiger partial charge is 0.416 e. The summed E-state index contributed by atoms with van der Waals surface area (Å²) in [6.07, 6.45) is -2.55. The van der Waals surface area contributed by atoms with Gasteiger partial charge in [-0.2, -0.15) is 13.2 Å². The van der Waals surface area contributed by atoms with Gasteiger partial charge in [-0.1, -0.05) is 35.9 Å². The van der Waals surface area contributed by atoms with Crippen LogP contribution < -0.4 is 5.32 Å². The van der Waals surface area contributed by atoms with E-state index in [4.69, 9.17) is 23.8 Å². The predicted octanol–water partition coefficient (Wildman–Crippen LogP) is 5.65. The number of halogens is 4. The Hall–Kier alpha value is -1.83. The van der Waals surface area contributed by atoms with E-state index in [1.165, 1.54) is 6.07 Å². The summed E-state index contributed by atoms with van der Waals surface area (Å²) in [7, 11) is 2.08. The van der Waals surface area contributed by atoms with Crippen LogP contribution in [0, 0.1) is 0 Å². The highest BCUT2D eigenvalue weighted by Crippen LogP contribution is 2.31. The lowest BCUT2D eigenvalue weighted by Crippen LogP contribution is -2.47. The quantitative estimate of drug-likeness (QED) is 0.617. The molecular weight excluding hydrogens is 419 g/mol. The Labute approximate surface area is 179 Å². The lowest BCUT2D eigenvalue weighted by molar-refractivity contribution is -0.137. The zero-order valence-corrected chi connectivity index (χ0v) is 17.6. The summed E-state index contributed by atoms with van der Waals surface area (Å²) < 4.78 is 39.1. The molecule has 0 amide bonds. The van der Waals surface area contributed by atoms with Gasteiger partial charge in [0.05, 0.1) is 5.56 Å². The lowest BCUT2D eigenvalue weighted by Gasteiger charge is -2.39. The zero-order chi connectivity index (χ0) is 21.0. The van der Waals surface area contributed by atoms with Crippen LogP contribution >= 0.6 is 23.8 Å². The molecule has 156 valence electrons. The van der Waals surface area contributed by atoms with Crippen molar-refractivity contribution in [2.75, 3.05) is 25.5 Å². The summed E-state index contributed by atoms with van der Waals surface area (Å²) in [6, 6.07) is 12.8. The third kappa shape index (κ3) is 5.84. The van der Waals surface area contributed by atoms with Gasteiger partial charge < -0.3 is 15.1 Å². The summed E-state index contributed by atoms with van der Waals surface area (Å²) in [5.74, 6) is 0. The van der Waals surface area contributed by atoms with Crippen LogP contribution in [0.2, 0.25) is 5.02 Å². The van der Waals surface area contributed by atoms with Gasteiger partial charge in [-0.3, -0.25) is 0 Å². The van der Waals surface area contributed by atoms with Crippen LogP contribution in [0.1, 0.15) is 24.0 Å². The molecule has 1 saturated heterocycles. The van der Waals surface area contributed by atoms with Crippen molar-refractivity contribution >= 4 is 34.6 Å². The number of hydrogen-bond acceptors (Lipinski definition) is 2. The Morgan fingerprint density at radius 1 is 1.17 bits per heavy atom. The Morgan fingerprint density at radius 2 is 1.86 bits per heavy atom. The molecular formula is C21H23ClF3N3S. The van der Waals surface area contributed by atoms with Crippen LogP contribution in [0.3, 0.4) is 0 Å². The average Bonchev–Trinajstić information content (AvgIpc) is 2.68. The summed E-state index contributed by atoms with van der Waals surface area (Å²) in [5.41, 5.74) is 0.547. The van der Waals surface area contributed by atoms with Crippen LogP contribution in [0.4, 0.5) is 18.9 Å². The number of likely N-dealkylation sites (tertiary alicyclic amines) is 1. The standard InChI is InChI=1S/C21H23ClF3N3S/c1-27-11-9-18(10-12-27)28(14-15-5-2-3-8-19(15)22)20(29)26-17-7-4-6-16(13-17)21(23,24)25/h2-8,13,18H,9-12,14H2,1H3,(H,26,29). The lowest BCUT2D eigenvalue weighted by atomic mass is 10.0. The second kappa shape index (κ2) is 9.32. The fraction of sp³-hybridized carbons (Fsp3) is 0.381. The Balaban J connectivity index is 1.81. The smallest absolute Gasteiger partial charge is 0.342 e. The van der Waals surface area contributed by atoms with Gasteiger partial charge in [-0.05, 0) is 75.0 Å². The molecule has 0 saturated carbocycles. The van der Waals surface area contributed by atoms with E-state index >= 15 is 0 Å². The van der Waals surface area contributed by atoms with Gasteiger partial charge in [0.25, 0.3) is 0 Å². The molecule has 0 spiro atoms. The second-order valence-electron chi connectivity index (χ2n) is 7.26. The van der Waals surface area contributed by atoms with E-state index in [-0.39, 0.29) is 6.04 Å². The fourth-order valence-electron chi connectivity index (χ4n) is 3.45. The second-order valence-corrected chi connectivity index (χ2v) is 8.06. The third-order valence-corrected chi connectivity index (χ3v) is 5.83. The van der Waals surface area contributed by atoms with Crippen molar-refractivity contribution in [3.63, 3.8) is 0 Å². The highest BCUT2D eigenvalue weighted by Gasteiger charge is 2.31. The predicted molar refractivity (Wildman–Crippen MR) is 115 cm³/mol. The van der Waals surface area contributed by atoms with Gasteiger partial charge in [-0.25, -0.2) is 0 Å². The van der Waals surface area contributed by atoms with Crippen LogP contribution in [0.25, 0.3) is 0 Å². The highest BCUT2D eigenvalue weighted by molar-refractivity contribution is 7.80. The van der Waals surface area contributed by atoms with E-state index in [9.17, 15) is 13.2 Å². The number of thiocarbonyl (C=S) groups is 1. The molecule has 1 heterocycles. The highest BCUT2D eigenvalue weighted by atomic mass is 35.5. The van der Waals surface area contributed by atoms with E-state index in [0.29, 0.717) is 22.4 Å². The molecule has 0 radical (unpaired) electrons. The molecule has 2 aromatic carbocycles. The van der Waals surface area contributed by atoms with Crippen molar-refractivity contribution in [1.29, 1.82) is 0 Å². The molecule has 29 heavy (non-hydrogen) atoms. The van der Waals surface area contributed by atoms with Gasteiger partial charge in [0.15, 0.2) is 5.11 Å². The topological polar surface area (TPSA) is 18.5 Å². The molecule has 2 aromatic rings. The van der Waals surface area contributed by atoms with Crippen LogP contribution in [-0.4, -0.2) is 41.1 Å². The van der Waals surface area contributed by atoms with Gasteiger partial charge in [-0.15, -0.1) is 0 Å². The number of nitrogens with zero attached hydrogens (tertiary/aromatic N) is 2. The third-order valence-electron chi connectivity index (χ3n) is 5.13. The zero-order valence-electron chi connectivity index (χ0n) is 16.0. The van der Waals surface area contributed by atoms with E-state index < -0.39 is 11.7 Å². The summed E-state index contributed by atoms with van der Waals surface area (Å²) in [5, 5.41) is 4.05. The molecule has 0 atom stereocenters. The molecule has 1 N–H and O–H groups in total. The number of alkyl halides is 3. The minimum Gasteiger partial charge on any atom is -0.342 e. The first-order chi connectivity index (χ1) is 13.7. The summed E-state index contributed by atoms with van der Waals surface area (Å²) in [4.78, 5) is 4.30. The Bertz CT molecular complexity index is 851. The van der Waals surface area contributed by atoms with Crippen LogP contribution in [0.15, 0.2) is 48.5 Å². The molecule has 8 heteroatoms. The van der Waals surface area contributed by atoms with Crippen LogP contribution in [-0.2, 0) is 12.7 Å². The maximum Gasteiger partial charge on any atom is 0.416 e. The maximum atomic E-state index is 13.0. The maximum absolute atomic E-state index is 13.0. The molecule has 0 unspecified atom stereocenters. The molecule has 3 nitrogen and oxygen atoms in total. The number of piperidine rings is 1. The first-order valence-corrected chi connectivity index (χ1v) is 10.2. The average molecular weight is 442 g/mol. The number of nitrogens with one attached hydrogen (secondary N) is 1. The first kappa shape index (κ1) is 21.9. The fourth-order valence-corrected chi connectivity index (χ4v) is 3.98. The number of benzene rings is 2. The van der Waals surface area contributed by atoms with Crippen molar-refractivity contribution in [2.24, 2.45) is 0 Å². The van der Waals surface area contributed by atoms with Crippen molar-refractivity contribution in [3.8, 4) is 0 Å². The van der Waals surface area contributed by atoms with Gasteiger partial charge in [0, 0.05) is 23.3 Å². The van der Waals surface area contributed by atoms with E-state index in [2.05, 4.69) is 17.3 Å². The number of hydrogen-bond donors (Lipinski definition) is 1. The van der Waals surface area contributed by atoms with Crippen molar-refractivity contribution < 1.29 is 13.2 Å². The minimum atomic E-state index is -4.40. The molecule has 1 aliphatic rings. The number of rotatable bonds is 4. The molecule has 1 aliphatic heterocycles. The molecule has 1 fully saturated rings. The summed E-state index contributed by atoms with van der Waals surface area (Å²) in [6.45, 7) is 2.38. The van der Waals surface area contributed by atoms with Gasteiger partial charge >= 0.3 is 6.18 Å². The normalized spacial score (nSPS) is 15.9. The van der Waals surface area contributed by atoms with Crippen molar-refractivity contribution in [1.82, 2.24) is 9.80 Å². The Morgan fingerprint density at radius 3 is 2.52 bits per heavy atom. The molecule has 0 aromatic heterocycles. The van der Waals surface area contributed by atoms with E-state index in [1.54, 1.807) is 6.07 Å². The monoisotopic (exact) mass is 441 g/mol. The first-order valence-electron chi connectivity index (χ1n) is 9.41. The van der Waals surface area contributed by atoms with Crippen LogP contribution in [0.5, 0.6) is 0 Å². The number of anilines is 1. The molecule has 3 rings (SSSR count). The van der Waals surface area contributed by atoms with Crippen molar-refractivity contribution in [3.05, 3.63) is 64.7 Å². The Kier molecular flexibility index (Phi) is 7.03. The minimum absolute atomic E-state index is 0.188. The van der Waals surface area contributed by atoms with E-state index in [0.717, 1.165) is 43.6 Å². The summed E-state index contributed by atoms with van der Waals surface area (Å²) >= 11 is 12.0. The van der Waals surface area contributed by atoms with Gasteiger partial charge in [0.1, 0.15) is 0 Å². The van der Waals surface area contributed by atoms with Gasteiger partial charge in [0.2, 0.25) is 0 Å². The van der Waals surface area contributed by atoms with Crippen molar-refractivity contribution in [2.45, 2.75) is 31.6 Å². The molecule has 0 bridgehead atoms. The SMILES string of the molecule is CN1CCC(N(Cc2ccccc2Cl)C(=S)Nc2cccc(C(F)(F)F)c2)CC1. The van der Waals surface area contributed by atoms with E-state index in [1.807, 2.05) is 29.2 Å². The molecule has 0 aliphatic carbocycles.